The molecule has 7 nitrogen and oxygen atoms in total. The van der Waals surface area contributed by atoms with Crippen molar-refractivity contribution in [2.45, 2.75) is 25.4 Å². The second-order valence-electron chi connectivity index (χ2n) is 4.42. The minimum atomic E-state index is -2.38. The molecule has 0 saturated heterocycles. The highest BCUT2D eigenvalue weighted by Crippen LogP contribution is 2.28. The van der Waals surface area contributed by atoms with Crippen LogP contribution in [0.15, 0.2) is 30.3 Å². The lowest BCUT2D eigenvalue weighted by Crippen LogP contribution is -2.50. The Morgan fingerprint density at radius 3 is 2.45 bits per heavy atom. The standard InChI is InChI=1S/C13H18FN2O5P/c1-9(22(19)20)15-12(17)11(7-14)16-13(18)21-8-10-5-3-2-4-6-10/h2-6,9,11,19-20H,7-8H2,1H3,(H,15,17)(H,16,18)/t9?,11-/m1/s1. The predicted molar refractivity (Wildman–Crippen MR) is 78.5 cm³/mol. The van der Waals surface area contributed by atoms with Crippen molar-refractivity contribution in [1.82, 2.24) is 10.6 Å². The Labute approximate surface area is 128 Å². The number of halogens is 1. The summed E-state index contributed by atoms with van der Waals surface area (Å²) in [6.45, 7) is 0.197. The van der Waals surface area contributed by atoms with E-state index in [0.717, 1.165) is 5.56 Å². The third kappa shape index (κ3) is 6.34. The number of rotatable bonds is 7. The number of alkyl halides is 1. The molecule has 22 heavy (non-hydrogen) atoms. The zero-order valence-corrected chi connectivity index (χ0v) is 12.8. The first-order chi connectivity index (χ1) is 10.4. The van der Waals surface area contributed by atoms with Crippen LogP contribution < -0.4 is 10.6 Å². The summed E-state index contributed by atoms with van der Waals surface area (Å²) in [6.07, 6.45) is -0.940. The average molecular weight is 332 g/mol. The topological polar surface area (TPSA) is 108 Å². The molecular formula is C13H18FN2O5P. The Balaban J connectivity index is 2.44. The highest BCUT2D eigenvalue weighted by atomic mass is 31.2. The van der Waals surface area contributed by atoms with Gasteiger partial charge < -0.3 is 25.2 Å². The van der Waals surface area contributed by atoms with Gasteiger partial charge in [-0.2, -0.15) is 0 Å². The van der Waals surface area contributed by atoms with Crippen molar-refractivity contribution in [3.63, 3.8) is 0 Å². The van der Waals surface area contributed by atoms with Crippen molar-refractivity contribution in [1.29, 1.82) is 0 Å². The molecule has 2 atom stereocenters. The summed E-state index contributed by atoms with van der Waals surface area (Å²) in [5.41, 5.74) is 0.749. The third-order valence-corrected chi connectivity index (χ3v) is 3.50. The second kappa shape index (κ2) is 9.30. The van der Waals surface area contributed by atoms with Crippen molar-refractivity contribution in [2.24, 2.45) is 0 Å². The lowest BCUT2D eigenvalue weighted by molar-refractivity contribution is -0.123. The maximum absolute atomic E-state index is 12.8. The van der Waals surface area contributed by atoms with E-state index in [-0.39, 0.29) is 6.61 Å². The Morgan fingerprint density at radius 2 is 1.91 bits per heavy atom. The van der Waals surface area contributed by atoms with Crippen LogP contribution in [0, 0.1) is 0 Å². The number of alkyl carbamates (subject to hydrolysis) is 1. The number of amides is 2. The SMILES string of the molecule is CC(NC(=O)[C@@H](CF)NC(=O)OCc1ccccc1)P(O)O. The van der Waals surface area contributed by atoms with Crippen molar-refractivity contribution >= 4 is 20.4 Å². The summed E-state index contributed by atoms with van der Waals surface area (Å²) in [5, 5.41) is 4.27. The molecule has 0 aliphatic rings. The molecule has 1 aromatic carbocycles. The van der Waals surface area contributed by atoms with Crippen LogP contribution in [0.1, 0.15) is 12.5 Å². The molecule has 0 aliphatic heterocycles. The van der Waals surface area contributed by atoms with E-state index < -0.39 is 38.9 Å². The minimum absolute atomic E-state index is 0.0116. The third-order valence-electron chi connectivity index (χ3n) is 2.67. The summed E-state index contributed by atoms with van der Waals surface area (Å²) < 4.78 is 17.7. The van der Waals surface area contributed by atoms with E-state index in [2.05, 4.69) is 10.6 Å². The fourth-order valence-electron chi connectivity index (χ4n) is 1.45. The van der Waals surface area contributed by atoms with Crippen LogP contribution >= 0.6 is 8.38 Å². The van der Waals surface area contributed by atoms with Gasteiger partial charge in [0.15, 0.2) is 8.38 Å². The van der Waals surface area contributed by atoms with E-state index in [1.807, 2.05) is 6.07 Å². The highest BCUT2D eigenvalue weighted by molar-refractivity contribution is 7.45. The zero-order valence-electron chi connectivity index (χ0n) is 11.9. The van der Waals surface area contributed by atoms with Crippen LogP contribution in [0.2, 0.25) is 0 Å². The van der Waals surface area contributed by atoms with Crippen LogP contribution in [-0.4, -0.2) is 40.3 Å². The molecule has 9 heteroatoms. The van der Waals surface area contributed by atoms with Gasteiger partial charge >= 0.3 is 6.09 Å². The van der Waals surface area contributed by atoms with E-state index in [1.54, 1.807) is 24.3 Å². The molecule has 0 bridgehead atoms. The van der Waals surface area contributed by atoms with Crippen molar-refractivity contribution < 1.29 is 28.5 Å². The van der Waals surface area contributed by atoms with Gasteiger partial charge in [-0.1, -0.05) is 30.3 Å². The molecule has 0 spiro atoms. The van der Waals surface area contributed by atoms with E-state index in [0.29, 0.717) is 0 Å². The highest BCUT2D eigenvalue weighted by Gasteiger charge is 2.24. The largest absolute Gasteiger partial charge is 0.445 e. The van der Waals surface area contributed by atoms with Gasteiger partial charge in [0.1, 0.15) is 19.3 Å². The van der Waals surface area contributed by atoms with Gasteiger partial charge in [0.2, 0.25) is 5.91 Å². The summed E-state index contributed by atoms with van der Waals surface area (Å²) in [5.74, 6) is -1.79. The van der Waals surface area contributed by atoms with Crippen LogP contribution in [-0.2, 0) is 16.1 Å². The number of ether oxygens (including phenoxy) is 1. The first kappa shape index (κ1) is 18.3. The van der Waals surface area contributed by atoms with E-state index in [1.165, 1.54) is 6.92 Å². The molecule has 4 N–H and O–H groups in total. The molecular weight excluding hydrogens is 314 g/mol. The normalized spacial score (nSPS) is 13.3. The lowest BCUT2D eigenvalue weighted by Gasteiger charge is -2.19. The average Bonchev–Trinajstić information content (AvgIpc) is 2.51. The number of carbonyl (C=O) groups excluding carboxylic acids is 2. The van der Waals surface area contributed by atoms with Gasteiger partial charge in [0, 0.05) is 0 Å². The van der Waals surface area contributed by atoms with Crippen LogP contribution in [0.4, 0.5) is 9.18 Å². The maximum Gasteiger partial charge on any atom is 0.408 e. The molecule has 0 fully saturated rings. The Kier molecular flexibility index (Phi) is 7.73. The Morgan fingerprint density at radius 1 is 1.27 bits per heavy atom. The van der Waals surface area contributed by atoms with Gasteiger partial charge in [-0.05, 0) is 12.5 Å². The van der Waals surface area contributed by atoms with Crippen LogP contribution in [0.25, 0.3) is 0 Å². The van der Waals surface area contributed by atoms with Crippen LogP contribution in [0.3, 0.4) is 0 Å². The van der Waals surface area contributed by atoms with Gasteiger partial charge in [0.05, 0.1) is 5.78 Å². The monoisotopic (exact) mass is 332 g/mol. The van der Waals surface area contributed by atoms with Crippen molar-refractivity contribution in [3.05, 3.63) is 35.9 Å². The molecule has 122 valence electrons. The number of hydrogen-bond donors (Lipinski definition) is 4. The molecule has 0 aromatic heterocycles. The molecule has 0 aliphatic carbocycles. The molecule has 0 saturated carbocycles. The number of hydrogen-bond acceptors (Lipinski definition) is 5. The molecule has 2 amide bonds. The molecule has 1 aromatic rings. The van der Waals surface area contributed by atoms with Crippen molar-refractivity contribution in [3.8, 4) is 0 Å². The van der Waals surface area contributed by atoms with E-state index in [9.17, 15) is 14.0 Å². The Hall–Kier alpha value is -1.76. The lowest BCUT2D eigenvalue weighted by atomic mass is 10.2. The van der Waals surface area contributed by atoms with Gasteiger partial charge in [-0.15, -0.1) is 0 Å². The smallest absolute Gasteiger partial charge is 0.408 e. The van der Waals surface area contributed by atoms with Gasteiger partial charge in [-0.25, -0.2) is 9.18 Å². The summed E-state index contributed by atoms with van der Waals surface area (Å²) in [7, 11) is -2.38. The molecule has 1 unspecified atom stereocenters. The predicted octanol–water partition coefficient (Wildman–Crippen LogP) is 1.01. The fourth-order valence-corrected chi connectivity index (χ4v) is 1.69. The second-order valence-corrected chi connectivity index (χ2v) is 5.83. The number of carbonyl (C=O) groups is 2. The summed E-state index contributed by atoms with van der Waals surface area (Å²) in [6, 6.07) is 7.40. The molecule has 1 rings (SSSR count). The van der Waals surface area contributed by atoms with Gasteiger partial charge in [-0.3, -0.25) is 4.79 Å². The summed E-state index contributed by atoms with van der Waals surface area (Å²) in [4.78, 5) is 41.0. The van der Waals surface area contributed by atoms with Gasteiger partial charge in [0.25, 0.3) is 0 Å². The number of benzene rings is 1. The van der Waals surface area contributed by atoms with Crippen LogP contribution in [0.5, 0.6) is 0 Å². The van der Waals surface area contributed by atoms with E-state index >= 15 is 0 Å². The quantitative estimate of drug-likeness (QED) is 0.557. The fraction of sp³-hybridized carbons (Fsp3) is 0.385. The molecule has 0 radical (unpaired) electrons. The maximum atomic E-state index is 12.8. The summed E-state index contributed by atoms with van der Waals surface area (Å²) >= 11 is 0. The minimum Gasteiger partial charge on any atom is -0.445 e. The molecule has 0 heterocycles. The zero-order chi connectivity index (χ0) is 16.5. The first-order valence-corrected chi connectivity index (χ1v) is 7.76. The van der Waals surface area contributed by atoms with Crippen molar-refractivity contribution in [2.75, 3.05) is 6.67 Å². The number of nitrogens with one attached hydrogen (secondary N) is 2. The van der Waals surface area contributed by atoms with E-state index in [4.69, 9.17) is 14.5 Å². The first-order valence-electron chi connectivity index (χ1n) is 6.44. The Bertz CT molecular complexity index is 489.